The average Bonchev–Trinajstić information content (AvgIpc) is 2.89. The van der Waals surface area contributed by atoms with Crippen molar-refractivity contribution in [3.63, 3.8) is 0 Å². The van der Waals surface area contributed by atoms with Crippen LogP contribution in [-0.2, 0) is 11.2 Å². The molecule has 1 amide bonds. The highest BCUT2D eigenvalue weighted by atomic mass is 16.2. The number of hydrogen-bond acceptors (Lipinski definition) is 7. The summed E-state index contributed by atoms with van der Waals surface area (Å²) in [5.41, 5.74) is 15.2. The van der Waals surface area contributed by atoms with Crippen molar-refractivity contribution in [3.8, 4) is 0 Å². The molecule has 1 aliphatic carbocycles. The maximum Gasteiger partial charge on any atom is 0.237 e. The van der Waals surface area contributed by atoms with E-state index in [9.17, 15) is 14.4 Å². The van der Waals surface area contributed by atoms with Crippen LogP contribution in [0, 0.1) is 0 Å². The van der Waals surface area contributed by atoms with Crippen LogP contribution in [0.25, 0.3) is 0 Å². The van der Waals surface area contributed by atoms with Gasteiger partial charge in [-0.15, -0.1) is 0 Å². The zero-order valence-electron chi connectivity index (χ0n) is 19.3. The third kappa shape index (κ3) is 5.24. The Labute approximate surface area is 204 Å². The second-order valence-corrected chi connectivity index (χ2v) is 8.34. The van der Waals surface area contributed by atoms with E-state index in [0.29, 0.717) is 66.2 Å². The Bertz CT molecular complexity index is 1240. The molecule has 0 aliphatic heterocycles. The lowest BCUT2D eigenvalue weighted by Crippen LogP contribution is -2.43. The van der Waals surface area contributed by atoms with Crippen LogP contribution in [0.1, 0.15) is 37.4 Å². The summed E-state index contributed by atoms with van der Waals surface area (Å²) in [5.74, 6) is -0.680. The number of rotatable bonds is 10. The number of amides is 1. The van der Waals surface area contributed by atoms with Gasteiger partial charge in [0.05, 0.1) is 17.2 Å². The molecular weight excluding hydrogens is 442 g/mol. The van der Waals surface area contributed by atoms with Gasteiger partial charge in [0.15, 0.2) is 11.6 Å². The van der Waals surface area contributed by atoms with Crippen molar-refractivity contribution in [2.45, 2.75) is 12.5 Å². The lowest BCUT2D eigenvalue weighted by atomic mass is 9.82. The lowest BCUT2D eigenvalue weighted by Gasteiger charge is -2.24. The van der Waals surface area contributed by atoms with Gasteiger partial charge in [0.1, 0.15) is 0 Å². The molecule has 0 radical (unpaired) electrons. The summed E-state index contributed by atoms with van der Waals surface area (Å²) in [7, 11) is 0. The molecule has 0 fully saturated rings. The third-order valence-corrected chi connectivity index (χ3v) is 5.91. The molecule has 0 aromatic heterocycles. The van der Waals surface area contributed by atoms with Gasteiger partial charge in [-0.3, -0.25) is 14.4 Å². The Morgan fingerprint density at radius 3 is 1.86 bits per heavy atom. The van der Waals surface area contributed by atoms with E-state index in [-0.39, 0.29) is 17.5 Å². The number of carbonyl (C=O) groups excluding carboxylic acids is 3. The fourth-order valence-corrected chi connectivity index (χ4v) is 4.20. The molecule has 0 spiro atoms. The lowest BCUT2D eigenvalue weighted by molar-refractivity contribution is -0.122. The molecule has 0 heterocycles. The van der Waals surface area contributed by atoms with E-state index in [1.165, 1.54) is 0 Å². The van der Waals surface area contributed by atoms with Gasteiger partial charge >= 0.3 is 0 Å². The van der Waals surface area contributed by atoms with Gasteiger partial charge in [0.25, 0.3) is 0 Å². The number of nitrogens with one attached hydrogen (secondary N) is 3. The van der Waals surface area contributed by atoms with Crippen molar-refractivity contribution in [1.29, 1.82) is 0 Å². The van der Waals surface area contributed by atoms with Crippen LogP contribution in [0.2, 0.25) is 0 Å². The molecule has 4 rings (SSSR count). The van der Waals surface area contributed by atoms with Crippen LogP contribution < -0.4 is 27.4 Å². The number of benzene rings is 3. The maximum absolute atomic E-state index is 13.4. The minimum Gasteiger partial charge on any atom is -0.383 e. The summed E-state index contributed by atoms with van der Waals surface area (Å²) >= 11 is 0. The highest BCUT2D eigenvalue weighted by Gasteiger charge is 2.33. The van der Waals surface area contributed by atoms with Gasteiger partial charge < -0.3 is 27.4 Å². The highest BCUT2D eigenvalue weighted by molar-refractivity contribution is 6.31. The van der Waals surface area contributed by atoms with Crippen LogP contribution in [0.3, 0.4) is 0 Å². The van der Waals surface area contributed by atoms with Crippen molar-refractivity contribution in [2.75, 3.05) is 36.8 Å². The molecule has 0 saturated carbocycles. The largest absolute Gasteiger partial charge is 0.383 e. The summed E-state index contributed by atoms with van der Waals surface area (Å²) in [4.78, 5) is 39.1. The zero-order chi connectivity index (χ0) is 24.8. The smallest absolute Gasteiger partial charge is 0.237 e. The van der Waals surface area contributed by atoms with Gasteiger partial charge in [-0.2, -0.15) is 0 Å². The number of fused-ring (bicyclic) bond motifs is 2. The van der Waals surface area contributed by atoms with Gasteiger partial charge in [-0.1, -0.05) is 54.6 Å². The summed E-state index contributed by atoms with van der Waals surface area (Å²) < 4.78 is 0. The van der Waals surface area contributed by atoms with Crippen LogP contribution in [0.4, 0.5) is 11.4 Å². The molecule has 0 bridgehead atoms. The first-order valence-electron chi connectivity index (χ1n) is 11.6. The normalized spacial score (nSPS) is 13.0. The number of hydrogen-bond donors (Lipinski definition) is 5. The fourth-order valence-electron chi connectivity index (χ4n) is 4.20. The standard InChI is InChI=1S/C27H29N5O3/c28-12-13-30-21-10-11-22(24-23(21)25(33)18-8-4-5-9-19(18)26(24)34)31-14-15-32-27(35)20(29)16-17-6-2-1-3-7-17/h1-11,20,30-31H,12-16,28-29H2,(H,32,35)/t20-/m1/s1. The van der Waals surface area contributed by atoms with E-state index in [1.54, 1.807) is 36.4 Å². The SMILES string of the molecule is NCCNc1ccc(NCCNC(=O)[C@H](N)Cc2ccccc2)c2c1C(=O)c1ccccc1C2=O. The van der Waals surface area contributed by atoms with Crippen LogP contribution in [0.15, 0.2) is 66.7 Å². The first-order chi connectivity index (χ1) is 17.0. The minimum atomic E-state index is -0.659. The maximum atomic E-state index is 13.4. The second kappa shape index (κ2) is 10.9. The minimum absolute atomic E-state index is 0.210. The Morgan fingerprint density at radius 1 is 0.743 bits per heavy atom. The number of anilines is 2. The van der Waals surface area contributed by atoms with Crippen molar-refractivity contribution < 1.29 is 14.4 Å². The quantitative estimate of drug-likeness (QED) is 0.223. The van der Waals surface area contributed by atoms with E-state index in [1.807, 2.05) is 30.3 Å². The number of carbonyl (C=O) groups is 3. The molecule has 0 saturated heterocycles. The average molecular weight is 472 g/mol. The van der Waals surface area contributed by atoms with Gasteiger partial charge in [0, 0.05) is 48.7 Å². The van der Waals surface area contributed by atoms with Crippen LogP contribution in [0.5, 0.6) is 0 Å². The molecule has 8 heteroatoms. The van der Waals surface area contributed by atoms with Crippen molar-refractivity contribution in [2.24, 2.45) is 11.5 Å². The molecular formula is C27H29N5O3. The first-order valence-corrected chi connectivity index (χ1v) is 11.6. The van der Waals surface area contributed by atoms with E-state index in [4.69, 9.17) is 11.5 Å². The van der Waals surface area contributed by atoms with Crippen LogP contribution >= 0.6 is 0 Å². The summed E-state index contributed by atoms with van der Waals surface area (Å²) in [6.45, 7) is 1.52. The Hall–Kier alpha value is -4.01. The number of nitrogens with two attached hydrogens (primary N) is 2. The third-order valence-electron chi connectivity index (χ3n) is 5.91. The van der Waals surface area contributed by atoms with Crippen molar-refractivity contribution in [1.82, 2.24) is 5.32 Å². The predicted octanol–water partition coefficient (Wildman–Crippen LogP) is 1.93. The molecule has 35 heavy (non-hydrogen) atoms. The van der Waals surface area contributed by atoms with E-state index < -0.39 is 6.04 Å². The topological polar surface area (TPSA) is 139 Å². The van der Waals surface area contributed by atoms with Crippen LogP contribution in [-0.4, -0.2) is 49.7 Å². The molecule has 3 aromatic rings. The highest BCUT2D eigenvalue weighted by Crippen LogP contribution is 2.36. The van der Waals surface area contributed by atoms with Crippen molar-refractivity contribution in [3.05, 3.63) is 94.5 Å². The van der Waals surface area contributed by atoms with E-state index >= 15 is 0 Å². The Morgan fingerprint density at radius 2 is 1.29 bits per heavy atom. The fraction of sp³-hybridized carbons (Fsp3) is 0.222. The molecule has 180 valence electrons. The van der Waals surface area contributed by atoms with E-state index in [2.05, 4.69) is 16.0 Å². The molecule has 0 unspecified atom stereocenters. The zero-order valence-corrected chi connectivity index (χ0v) is 19.3. The first kappa shape index (κ1) is 24.1. The second-order valence-electron chi connectivity index (χ2n) is 8.34. The molecule has 8 nitrogen and oxygen atoms in total. The molecule has 7 N–H and O–H groups in total. The van der Waals surface area contributed by atoms with Gasteiger partial charge in [-0.05, 0) is 24.1 Å². The monoisotopic (exact) mass is 471 g/mol. The molecule has 3 aromatic carbocycles. The molecule has 1 aliphatic rings. The Balaban J connectivity index is 1.46. The summed E-state index contributed by atoms with van der Waals surface area (Å²) in [6.07, 6.45) is 0.445. The van der Waals surface area contributed by atoms with Gasteiger partial charge in [-0.25, -0.2) is 0 Å². The van der Waals surface area contributed by atoms with Gasteiger partial charge in [0.2, 0.25) is 5.91 Å². The number of ketones is 2. The summed E-state index contributed by atoms with van der Waals surface area (Å²) in [5, 5.41) is 9.17. The Kier molecular flexibility index (Phi) is 7.54. The van der Waals surface area contributed by atoms with E-state index in [0.717, 1.165) is 5.56 Å². The molecule has 1 atom stereocenters. The predicted molar refractivity (Wildman–Crippen MR) is 137 cm³/mol. The van der Waals surface area contributed by atoms with Crippen molar-refractivity contribution >= 4 is 28.8 Å². The summed E-state index contributed by atoms with van der Waals surface area (Å²) in [6, 6.07) is 19.3.